The lowest BCUT2D eigenvalue weighted by atomic mass is 10.1. The molecule has 5 nitrogen and oxygen atoms in total. The lowest BCUT2D eigenvalue weighted by Gasteiger charge is -2.21. The molecule has 2 rings (SSSR count). The Labute approximate surface area is 124 Å². The lowest BCUT2D eigenvalue weighted by molar-refractivity contribution is 0.107. The van der Waals surface area contributed by atoms with Crippen molar-refractivity contribution in [1.82, 2.24) is 15.3 Å². The van der Waals surface area contributed by atoms with Crippen LogP contribution in [0, 0.1) is 5.92 Å². The van der Waals surface area contributed by atoms with Gasteiger partial charge < -0.3 is 15.0 Å². The van der Waals surface area contributed by atoms with Crippen LogP contribution in [0.5, 0.6) is 0 Å². The van der Waals surface area contributed by atoms with E-state index in [1.807, 2.05) is 25.1 Å². The number of hydrogen-bond acceptors (Lipinski definition) is 4. The van der Waals surface area contributed by atoms with Gasteiger partial charge in [-0.25, -0.2) is 4.98 Å². The molecule has 21 heavy (non-hydrogen) atoms. The van der Waals surface area contributed by atoms with E-state index in [9.17, 15) is 4.79 Å². The van der Waals surface area contributed by atoms with Gasteiger partial charge in [-0.05, 0) is 25.0 Å². The summed E-state index contributed by atoms with van der Waals surface area (Å²) in [6.07, 6.45) is 0. The van der Waals surface area contributed by atoms with Crippen LogP contribution in [0.4, 0.5) is 0 Å². The van der Waals surface area contributed by atoms with E-state index in [4.69, 9.17) is 4.74 Å². The molecule has 1 atom stereocenters. The molecule has 0 saturated heterocycles. The number of para-hydroxylation sites is 1. The molecule has 1 heterocycles. The first-order valence-electron chi connectivity index (χ1n) is 7.41. The van der Waals surface area contributed by atoms with Crippen LogP contribution in [-0.4, -0.2) is 29.2 Å². The molecule has 0 fully saturated rings. The van der Waals surface area contributed by atoms with Gasteiger partial charge in [0.2, 0.25) is 0 Å². The maximum Gasteiger partial charge on any atom is 0.258 e. The van der Waals surface area contributed by atoms with E-state index in [-0.39, 0.29) is 11.6 Å². The minimum atomic E-state index is -0.0942. The Balaban J connectivity index is 2.10. The normalized spacial score (nSPS) is 13.0. The summed E-state index contributed by atoms with van der Waals surface area (Å²) >= 11 is 0. The van der Waals surface area contributed by atoms with Gasteiger partial charge in [-0.1, -0.05) is 26.0 Å². The van der Waals surface area contributed by atoms with Crippen molar-refractivity contribution < 1.29 is 4.74 Å². The number of aromatic nitrogens is 2. The minimum Gasteiger partial charge on any atom is -0.380 e. The topological polar surface area (TPSA) is 67.0 Å². The van der Waals surface area contributed by atoms with E-state index >= 15 is 0 Å². The number of rotatable bonds is 7. The summed E-state index contributed by atoms with van der Waals surface area (Å²) < 4.78 is 5.48. The number of fused-ring (bicyclic) bond motifs is 1. The number of nitrogens with one attached hydrogen (secondary N) is 2. The highest BCUT2D eigenvalue weighted by Crippen LogP contribution is 2.07. The second-order valence-corrected chi connectivity index (χ2v) is 5.42. The van der Waals surface area contributed by atoms with Crippen LogP contribution in [0.25, 0.3) is 10.9 Å². The lowest BCUT2D eigenvalue weighted by Crippen LogP contribution is -2.38. The van der Waals surface area contributed by atoms with E-state index in [0.717, 1.165) is 5.52 Å². The standard InChI is InChI=1S/C16H23N3O2/c1-4-21-10-14(11(2)3)17-9-15-18-13-8-6-5-7-12(13)16(20)19-15/h5-8,11,14,17H,4,9-10H2,1-3H3,(H,18,19,20). The van der Waals surface area contributed by atoms with Gasteiger partial charge in [0, 0.05) is 12.6 Å². The molecule has 0 radical (unpaired) electrons. The van der Waals surface area contributed by atoms with Gasteiger partial charge in [-0.3, -0.25) is 4.79 Å². The quantitative estimate of drug-likeness (QED) is 0.819. The molecule has 1 aromatic heterocycles. The zero-order valence-electron chi connectivity index (χ0n) is 12.8. The van der Waals surface area contributed by atoms with Crippen molar-refractivity contribution >= 4 is 10.9 Å². The molecule has 2 N–H and O–H groups in total. The van der Waals surface area contributed by atoms with Crippen LogP contribution in [0.15, 0.2) is 29.1 Å². The van der Waals surface area contributed by atoms with Gasteiger partial charge in [0.05, 0.1) is 24.1 Å². The largest absolute Gasteiger partial charge is 0.380 e. The van der Waals surface area contributed by atoms with Crippen molar-refractivity contribution in [3.05, 3.63) is 40.4 Å². The second kappa shape index (κ2) is 7.33. The van der Waals surface area contributed by atoms with Gasteiger partial charge in [0.15, 0.2) is 0 Å². The van der Waals surface area contributed by atoms with E-state index in [0.29, 0.717) is 36.9 Å². The molecular formula is C16H23N3O2. The van der Waals surface area contributed by atoms with E-state index in [1.165, 1.54) is 0 Å². The van der Waals surface area contributed by atoms with Crippen LogP contribution in [0.3, 0.4) is 0 Å². The second-order valence-electron chi connectivity index (χ2n) is 5.42. The Morgan fingerprint density at radius 1 is 1.33 bits per heavy atom. The van der Waals surface area contributed by atoms with Gasteiger partial charge in [-0.15, -0.1) is 0 Å². The highest BCUT2D eigenvalue weighted by atomic mass is 16.5. The van der Waals surface area contributed by atoms with Crippen molar-refractivity contribution in [2.45, 2.75) is 33.4 Å². The SMILES string of the molecule is CCOCC(NCc1nc2ccccc2c(=O)[nH]1)C(C)C. The predicted molar refractivity (Wildman–Crippen MR) is 84.3 cm³/mol. The number of ether oxygens (including phenoxy) is 1. The van der Waals surface area contributed by atoms with Crippen molar-refractivity contribution in [2.24, 2.45) is 5.92 Å². The molecule has 0 saturated carbocycles. The minimum absolute atomic E-state index is 0.0942. The monoisotopic (exact) mass is 289 g/mol. The van der Waals surface area contributed by atoms with Gasteiger partial charge in [0.1, 0.15) is 5.82 Å². The average molecular weight is 289 g/mol. The zero-order valence-corrected chi connectivity index (χ0v) is 12.8. The molecule has 114 valence electrons. The number of benzene rings is 1. The molecular weight excluding hydrogens is 266 g/mol. The summed E-state index contributed by atoms with van der Waals surface area (Å²) in [6.45, 7) is 8.16. The summed E-state index contributed by atoms with van der Waals surface area (Å²) in [5.74, 6) is 1.10. The van der Waals surface area contributed by atoms with Crippen LogP contribution < -0.4 is 10.9 Å². The van der Waals surface area contributed by atoms with Crippen molar-refractivity contribution in [3.63, 3.8) is 0 Å². The summed E-state index contributed by atoms with van der Waals surface area (Å²) in [5.41, 5.74) is 0.632. The van der Waals surface area contributed by atoms with Crippen LogP contribution in [-0.2, 0) is 11.3 Å². The van der Waals surface area contributed by atoms with Crippen LogP contribution >= 0.6 is 0 Å². The highest BCUT2D eigenvalue weighted by Gasteiger charge is 2.13. The van der Waals surface area contributed by atoms with Crippen molar-refractivity contribution in [3.8, 4) is 0 Å². The molecule has 0 aliphatic carbocycles. The van der Waals surface area contributed by atoms with Gasteiger partial charge >= 0.3 is 0 Å². The van der Waals surface area contributed by atoms with E-state index in [1.54, 1.807) is 6.07 Å². The third-order valence-electron chi connectivity index (χ3n) is 3.50. The maximum atomic E-state index is 12.0. The number of H-pyrrole nitrogens is 1. The Morgan fingerprint density at radius 3 is 2.81 bits per heavy atom. The fourth-order valence-electron chi connectivity index (χ4n) is 2.18. The first kappa shape index (κ1) is 15.7. The zero-order chi connectivity index (χ0) is 15.2. The molecule has 0 spiro atoms. The number of nitrogens with zero attached hydrogens (tertiary/aromatic N) is 1. The number of aromatic amines is 1. The van der Waals surface area contributed by atoms with Crippen molar-refractivity contribution in [2.75, 3.05) is 13.2 Å². The van der Waals surface area contributed by atoms with Gasteiger partial charge in [0.25, 0.3) is 5.56 Å². The Bertz CT molecular complexity index is 637. The molecule has 1 aromatic carbocycles. The first-order chi connectivity index (χ1) is 10.1. The Morgan fingerprint density at radius 2 is 2.10 bits per heavy atom. The summed E-state index contributed by atoms with van der Waals surface area (Å²) in [7, 11) is 0. The third kappa shape index (κ3) is 4.12. The van der Waals surface area contributed by atoms with Crippen LogP contribution in [0.1, 0.15) is 26.6 Å². The predicted octanol–water partition coefficient (Wildman–Crippen LogP) is 2.07. The molecule has 0 aliphatic heterocycles. The molecule has 0 amide bonds. The highest BCUT2D eigenvalue weighted by molar-refractivity contribution is 5.77. The van der Waals surface area contributed by atoms with Crippen molar-refractivity contribution in [1.29, 1.82) is 0 Å². The molecule has 1 unspecified atom stereocenters. The molecule has 0 aliphatic rings. The fraction of sp³-hybridized carbons (Fsp3) is 0.500. The summed E-state index contributed by atoms with van der Waals surface area (Å²) in [5, 5.41) is 4.03. The van der Waals surface area contributed by atoms with E-state index < -0.39 is 0 Å². The summed E-state index contributed by atoms with van der Waals surface area (Å²) in [6, 6.07) is 7.60. The Hall–Kier alpha value is -1.72. The average Bonchev–Trinajstić information content (AvgIpc) is 2.47. The van der Waals surface area contributed by atoms with E-state index in [2.05, 4.69) is 29.1 Å². The number of hydrogen-bond donors (Lipinski definition) is 2. The first-order valence-corrected chi connectivity index (χ1v) is 7.41. The van der Waals surface area contributed by atoms with Crippen LogP contribution in [0.2, 0.25) is 0 Å². The third-order valence-corrected chi connectivity index (χ3v) is 3.50. The smallest absolute Gasteiger partial charge is 0.258 e. The molecule has 0 bridgehead atoms. The molecule has 2 aromatic rings. The fourth-order valence-corrected chi connectivity index (χ4v) is 2.18. The summed E-state index contributed by atoms with van der Waals surface area (Å²) in [4.78, 5) is 19.3. The molecule has 5 heteroatoms. The van der Waals surface area contributed by atoms with Gasteiger partial charge in [-0.2, -0.15) is 0 Å². The Kier molecular flexibility index (Phi) is 5.47. The maximum absolute atomic E-state index is 12.0.